The first-order valence-electron chi connectivity index (χ1n) is 7.62. The summed E-state index contributed by atoms with van der Waals surface area (Å²) < 4.78 is 1.87. The van der Waals surface area contributed by atoms with Crippen LogP contribution < -0.4 is 5.32 Å². The van der Waals surface area contributed by atoms with Crippen LogP contribution >= 0.6 is 0 Å². The van der Waals surface area contributed by atoms with E-state index in [-0.39, 0.29) is 17.7 Å². The number of nitrogens with zero attached hydrogens (tertiary/aromatic N) is 3. The molecule has 114 valence electrons. The lowest BCUT2D eigenvalue weighted by Crippen LogP contribution is -2.17. The van der Waals surface area contributed by atoms with E-state index in [9.17, 15) is 4.79 Å². The molecule has 2 heterocycles. The number of para-hydroxylation sites is 1. The van der Waals surface area contributed by atoms with E-state index in [1.165, 1.54) is 0 Å². The first-order chi connectivity index (χ1) is 11.3. The average Bonchev–Trinajstić information content (AvgIpc) is 3.29. The topological polar surface area (TPSA) is 59.8 Å². The Labute approximate surface area is 134 Å². The summed E-state index contributed by atoms with van der Waals surface area (Å²) in [4.78, 5) is 20.8. The molecule has 2 aromatic heterocycles. The van der Waals surface area contributed by atoms with Gasteiger partial charge in [-0.1, -0.05) is 24.3 Å². The number of imidazole rings is 1. The van der Waals surface area contributed by atoms with Crippen molar-refractivity contribution >= 4 is 11.9 Å². The lowest BCUT2D eigenvalue weighted by Gasteiger charge is -2.08. The van der Waals surface area contributed by atoms with Crippen molar-refractivity contribution in [3.05, 3.63) is 72.8 Å². The number of nitrogens with one attached hydrogen (secondary N) is 1. The summed E-state index contributed by atoms with van der Waals surface area (Å²) in [7, 11) is 0. The van der Waals surface area contributed by atoms with Crippen LogP contribution in [0.4, 0.5) is 5.95 Å². The van der Waals surface area contributed by atoms with Crippen LogP contribution in [0.3, 0.4) is 0 Å². The van der Waals surface area contributed by atoms with E-state index in [0.29, 0.717) is 5.95 Å². The third-order valence-corrected chi connectivity index (χ3v) is 4.15. The standard InChI is InChI=1S/C18H16N4O/c23-17(16-11-15(16)13-5-4-8-19-12-13)21-18-20-9-10-22(18)14-6-2-1-3-7-14/h1-10,12,15-16H,11H2,(H,20,21,23)/t15-,16+/m0/s1. The summed E-state index contributed by atoms with van der Waals surface area (Å²) >= 11 is 0. The fourth-order valence-corrected chi connectivity index (χ4v) is 2.84. The first kappa shape index (κ1) is 13.7. The van der Waals surface area contributed by atoms with Gasteiger partial charge in [0, 0.05) is 36.4 Å². The maximum absolute atomic E-state index is 12.5. The molecule has 23 heavy (non-hydrogen) atoms. The fraction of sp³-hybridized carbons (Fsp3) is 0.167. The van der Waals surface area contributed by atoms with Gasteiger partial charge in [-0.3, -0.25) is 19.7 Å². The van der Waals surface area contributed by atoms with Crippen molar-refractivity contribution in [2.45, 2.75) is 12.3 Å². The van der Waals surface area contributed by atoms with Crippen molar-refractivity contribution in [2.24, 2.45) is 5.92 Å². The van der Waals surface area contributed by atoms with E-state index in [1.807, 2.05) is 59.4 Å². The predicted octanol–water partition coefficient (Wildman–Crippen LogP) is 3.01. The maximum atomic E-state index is 12.5. The van der Waals surface area contributed by atoms with Gasteiger partial charge in [0.2, 0.25) is 11.9 Å². The fourth-order valence-electron chi connectivity index (χ4n) is 2.84. The number of hydrogen-bond acceptors (Lipinski definition) is 3. The van der Waals surface area contributed by atoms with Crippen LogP contribution in [-0.2, 0) is 4.79 Å². The van der Waals surface area contributed by atoms with Crippen LogP contribution in [0.5, 0.6) is 0 Å². The van der Waals surface area contributed by atoms with Gasteiger partial charge < -0.3 is 0 Å². The summed E-state index contributed by atoms with van der Waals surface area (Å²) in [5.41, 5.74) is 2.10. The Hall–Kier alpha value is -2.95. The van der Waals surface area contributed by atoms with Gasteiger partial charge in [-0.15, -0.1) is 0 Å². The van der Waals surface area contributed by atoms with Crippen molar-refractivity contribution in [2.75, 3.05) is 5.32 Å². The highest BCUT2D eigenvalue weighted by atomic mass is 16.2. The lowest BCUT2D eigenvalue weighted by atomic mass is 10.1. The number of hydrogen-bond donors (Lipinski definition) is 1. The molecule has 0 saturated heterocycles. The van der Waals surface area contributed by atoms with Gasteiger partial charge >= 0.3 is 0 Å². The minimum absolute atomic E-state index is 0.000114. The quantitative estimate of drug-likeness (QED) is 0.806. The van der Waals surface area contributed by atoms with Crippen LogP contribution in [0.25, 0.3) is 5.69 Å². The summed E-state index contributed by atoms with van der Waals surface area (Å²) in [6.07, 6.45) is 7.98. The molecule has 1 aromatic carbocycles. The number of carbonyl (C=O) groups is 1. The van der Waals surface area contributed by atoms with E-state index >= 15 is 0 Å². The summed E-state index contributed by atoms with van der Waals surface area (Å²) in [6.45, 7) is 0. The molecule has 0 aliphatic heterocycles. The smallest absolute Gasteiger partial charge is 0.230 e. The van der Waals surface area contributed by atoms with Gasteiger partial charge in [0.05, 0.1) is 0 Å². The van der Waals surface area contributed by atoms with Gasteiger partial charge in [-0.25, -0.2) is 4.98 Å². The molecule has 3 aromatic rings. The Morgan fingerprint density at radius 2 is 2.00 bits per heavy atom. The SMILES string of the molecule is O=C(Nc1nccn1-c1ccccc1)[C@@H]1C[C@H]1c1cccnc1. The summed E-state index contributed by atoms with van der Waals surface area (Å²) in [6, 6.07) is 13.8. The van der Waals surface area contributed by atoms with E-state index in [0.717, 1.165) is 17.7 Å². The summed E-state index contributed by atoms with van der Waals surface area (Å²) in [5, 5.41) is 2.94. The van der Waals surface area contributed by atoms with Crippen LogP contribution in [0.15, 0.2) is 67.3 Å². The number of amides is 1. The Bertz CT molecular complexity index is 813. The molecule has 0 spiro atoms. The molecule has 1 aliphatic carbocycles. The molecule has 1 fully saturated rings. The Morgan fingerprint density at radius 1 is 1.13 bits per heavy atom. The van der Waals surface area contributed by atoms with Crippen molar-refractivity contribution in [1.82, 2.24) is 14.5 Å². The molecule has 2 atom stereocenters. The van der Waals surface area contributed by atoms with Gasteiger partial charge in [-0.05, 0) is 36.1 Å². The minimum Gasteiger partial charge on any atom is -0.295 e. The van der Waals surface area contributed by atoms with Crippen LogP contribution in [0, 0.1) is 5.92 Å². The summed E-state index contributed by atoms with van der Waals surface area (Å²) in [5.74, 6) is 0.837. The molecule has 5 heteroatoms. The van der Waals surface area contributed by atoms with Crippen molar-refractivity contribution in [3.63, 3.8) is 0 Å². The third kappa shape index (κ3) is 2.73. The molecule has 0 bridgehead atoms. The zero-order valence-electron chi connectivity index (χ0n) is 12.5. The predicted molar refractivity (Wildman–Crippen MR) is 87.3 cm³/mol. The number of benzene rings is 1. The van der Waals surface area contributed by atoms with E-state index < -0.39 is 0 Å². The molecule has 5 nitrogen and oxygen atoms in total. The molecule has 4 rings (SSSR count). The van der Waals surface area contributed by atoms with Crippen LogP contribution in [0.1, 0.15) is 17.9 Å². The highest BCUT2D eigenvalue weighted by molar-refractivity contribution is 5.94. The number of rotatable bonds is 4. The van der Waals surface area contributed by atoms with Gasteiger partial charge in [-0.2, -0.15) is 0 Å². The highest BCUT2D eigenvalue weighted by Crippen LogP contribution is 2.47. The number of carbonyl (C=O) groups excluding carboxylic acids is 1. The van der Waals surface area contributed by atoms with Gasteiger partial charge in [0.1, 0.15) is 0 Å². The lowest BCUT2D eigenvalue weighted by molar-refractivity contribution is -0.117. The average molecular weight is 304 g/mol. The number of anilines is 1. The van der Waals surface area contributed by atoms with Gasteiger partial charge in [0.25, 0.3) is 0 Å². The third-order valence-electron chi connectivity index (χ3n) is 4.15. The first-order valence-corrected chi connectivity index (χ1v) is 7.62. The molecule has 1 saturated carbocycles. The van der Waals surface area contributed by atoms with Crippen LogP contribution in [-0.4, -0.2) is 20.4 Å². The van der Waals surface area contributed by atoms with Crippen molar-refractivity contribution < 1.29 is 4.79 Å². The normalized spacial score (nSPS) is 19.3. The molecule has 1 N–H and O–H groups in total. The van der Waals surface area contributed by atoms with Crippen LogP contribution in [0.2, 0.25) is 0 Å². The molecule has 0 unspecified atom stereocenters. The molecule has 1 amide bonds. The second-order valence-corrected chi connectivity index (χ2v) is 5.68. The second kappa shape index (κ2) is 5.68. The Balaban J connectivity index is 1.48. The second-order valence-electron chi connectivity index (χ2n) is 5.68. The molecule has 0 radical (unpaired) electrons. The van der Waals surface area contributed by atoms with E-state index in [2.05, 4.69) is 15.3 Å². The van der Waals surface area contributed by atoms with E-state index in [4.69, 9.17) is 0 Å². The zero-order valence-corrected chi connectivity index (χ0v) is 12.5. The molecule has 1 aliphatic rings. The largest absolute Gasteiger partial charge is 0.295 e. The highest BCUT2D eigenvalue weighted by Gasteiger charge is 2.44. The minimum atomic E-state index is 0.000114. The zero-order chi connectivity index (χ0) is 15.6. The Morgan fingerprint density at radius 3 is 2.78 bits per heavy atom. The maximum Gasteiger partial charge on any atom is 0.230 e. The number of aromatic nitrogens is 3. The Kier molecular flexibility index (Phi) is 3.38. The molecular formula is C18H16N4O. The van der Waals surface area contributed by atoms with E-state index in [1.54, 1.807) is 12.4 Å². The van der Waals surface area contributed by atoms with Gasteiger partial charge in [0.15, 0.2) is 0 Å². The monoisotopic (exact) mass is 304 g/mol. The number of pyridine rings is 1. The molecular weight excluding hydrogens is 288 g/mol. The van der Waals surface area contributed by atoms with Crippen molar-refractivity contribution in [1.29, 1.82) is 0 Å². The van der Waals surface area contributed by atoms with Crippen molar-refractivity contribution in [3.8, 4) is 5.69 Å².